The molecule has 1 aromatic heterocycles. The van der Waals surface area contributed by atoms with Crippen molar-refractivity contribution in [1.29, 1.82) is 0 Å². The Bertz CT molecular complexity index is 1520. The summed E-state index contributed by atoms with van der Waals surface area (Å²) in [5.41, 5.74) is 8.63. The second-order valence-electron chi connectivity index (χ2n) is 9.41. The van der Waals surface area contributed by atoms with Gasteiger partial charge in [0.1, 0.15) is 10.5 Å². The van der Waals surface area contributed by atoms with Gasteiger partial charge in [-0.15, -0.1) is 11.3 Å². The predicted molar refractivity (Wildman–Crippen MR) is 151 cm³/mol. The van der Waals surface area contributed by atoms with Gasteiger partial charge in [-0.1, -0.05) is 12.1 Å². The summed E-state index contributed by atoms with van der Waals surface area (Å²) in [7, 11) is -0.924. The Morgan fingerprint density at radius 1 is 1.12 bits per heavy atom. The van der Waals surface area contributed by atoms with Crippen LogP contribution in [-0.2, 0) is 19.4 Å². The fraction of sp³-hybridized carbons (Fsp3) is 0.296. The van der Waals surface area contributed by atoms with Crippen LogP contribution < -0.4 is 20.9 Å². The Balaban J connectivity index is 1.70. The molecule has 4 amide bonds. The number of carbonyl (C=O) groups excluding carboxylic acids is 3. The largest absolute Gasteiger partial charge is 0.497 e. The van der Waals surface area contributed by atoms with Gasteiger partial charge < -0.3 is 15.4 Å². The first-order valence-corrected chi connectivity index (χ1v) is 14.8. The maximum Gasteiger partial charge on any atom is 0.318 e. The number of amides is 4. The van der Waals surface area contributed by atoms with Crippen LogP contribution in [0.25, 0.3) is 10.4 Å². The minimum absolute atomic E-state index is 0.0462. The summed E-state index contributed by atoms with van der Waals surface area (Å²) in [6.07, 6.45) is -0.560. The van der Waals surface area contributed by atoms with E-state index in [-0.39, 0.29) is 31.2 Å². The molecule has 13 heteroatoms. The van der Waals surface area contributed by atoms with E-state index in [0.717, 1.165) is 5.56 Å². The molecule has 0 aliphatic carbocycles. The number of urea groups is 1. The van der Waals surface area contributed by atoms with E-state index in [0.29, 0.717) is 26.8 Å². The van der Waals surface area contributed by atoms with Gasteiger partial charge in [0.05, 0.1) is 19.3 Å². The molecule has 0 bridgehead atoms. The summed E-state index contributed by atoms with van der Waals surface area (Å²) >= 11 is 1.20. The van der Waals surface area contributed by atoms with E-state index < -0.39 is 32.9 Å². The van der Waals surface area contributed by atoms with Crippen molar-refractivity contribution in [3.63, 3.8) is 0 Å². The third-order valence-electron chi connectivity index (χ3n) is 7.11. The van der Waals surface area contributed by atoms with Gasteiger partial charge >= 0.3 is 6.03 Å². The topological polar surface area (TPSA) is 159 Å². The number of nitrogens with two attached hydrogens (primary N) is 1. The number of nitrogens with zero attached hydrogens (tertiary/aromatic N) is 2. The van der Waals surface area contributed by atoms with Crippen molar-refractivity contribution in [2.75, 3.05) is 37.9 Å². The van der Waals surface area contributed by atoms with Crippen molar-refractivity contribution in [3.05, 3.63) is 71.1 Å². The summed E-state index contributed by atoms with van der Waals surface area (Å²) < 4.78 is 31.2. The Morgan fingerprint density at radius 3 is 2.50 bits per heavy atom. The van der Waals surface area contributed by atoms with Crippen LogP contribution in [0.15, 0.2) is 60.7 Å². The van der Waals surface area contributed by atoms with Crippen molar-refractivity contribution >= 4 is 44.7 Å². The van der Waals surface area contributed by atoms with Crippen LogP contribution in [0, 0.1) is 0 Å². The lowest BCUT2D eigenvalue weighted by molar-refractivity contribution is -0.129. The maximum absolute atomic E-state index is 13.9. The number of primary amides is 1. The molecule has 40 heavy (non-hydrogen) atoms. The molecule has 4 rings (SSSR count). The monoisotopic (exact) mass is 586 g/mol. The molecular weight excluding hydrogens is 556 g/mol. The van der Waals surface area contributed by atoms with E-state index in [2.05, 4.69) is 0 Å². The number of thiophene rings is 1. The first-order valence-electron chi connectivity index (χ1n) is 12.3. The first-order chi connectivity index (χ1) is 19.0. The van der Waals surface area contributed by atoms with Gasteiger partial charge in [-0.05, 0) is 60.5 Å². The van der Waals surface area contributed by atoms with Gasteiger partial charge in [0.25, 0.3) is 5.91 Å². The normalized spacial score (nSPS) is 18.4. The summed E-state index contributed by atoms with van der Waals surface area (Å²) in [6, 6.07) is 16.4. The number of hydrogen-bond donors (Lipinski definition) is 3. The smallest absolute Gasteiger partial charge is 0.318 e. The lowest BCUT2D eigenvalue weighted by Crippen LogP contribution is -2.41. The molecule has 0 radical (unpaired) electrons. The number of methoxy groups -OCH3 is 1. The van der Waals surface area contributed by atoms with Crippen LogP contribution in [0.1, 0.15) is 28.1 Å². The van der Waals surface area contributed by atoms with Crippen molar-refractivity contribution in [3.8, 4) is 16.2 Å². The first kappa shape index (κ1) is 29.1. The second kappa shape index (κ2) is 11.7. The molecule has 1 atom stereocenters. The Labute approximate surface area is 236 Å². The SMILES string of the molecule is COc1ccc(C(=O)N2CCC(CC(=O)NO)(c3ccc(-c4cccc(N(C)C(N)=O)c4)s3)S(=O)(=O)CC2)cc1. The van der Waals surface area contributed by atoms with Crippen LogP contribution >= 0.6 is 11.3 Å². The van der Waals surface area contributed by atoms with Crippen molar-refractivity contribution in [2.24, 2.45) is 5.73 Å². The lowest BCUT2D eigenvalue weighted by atomic mass is 9.97. The molecule has 2 aromatic carbocycles. The van der Waals surface area contributed by atoms with Gasteiger partial charge in [-0.3, -0.25) is 19.7 Å². The highest BCUT2D eigenvalue weighted by molar-refractivity contribution is 7.92. The summed E-state index contributed by atoms with van der Waals surface area (Å²) in [5.74, 6) is -0.954. The van der Waals surface area contributed by atoms with Crippen LogP contribution in [-0.4, -0.2) is 69.4 Å². The number of anilines is 1. The van der Waals surface area contributed by atoms with Crippen molar-refractivity contribution in [2.45, 2.75) is 17.6 Å². The number of nitrogens with one attached hydrogen (secondary N) is 1. The zero-order valence-corrected chi connectivity index (χ0v) is 23.6. The van der Waals surface area contributed by atoms with Gasteiger partial charge in [0, 0.05) is 41.1 Å². The predicted octanol–water partition coefficient (Wildman–Crippen LogP) is 2.99. The van der Waals surface area contributed by atoms with Crippen LogP contribution in [0.3, 0.4) is 0 Å². The van der Waals surface area contributed by atoms with Crippen LogP contribution in [0.5, 0.6) is 5.75 Å². The third kappa shape index (κ3) is 5.67. The number of hydrogen-bond acceptors (Lipinski definition) is 8. The van der Waals surface area contributed by atoms with Crippen molar-refractivity contribution < 1.29 is 32.7 Å². The molecule has 2 heterocycles. The number of benzene rings is 2. The fourth-order valence-electron chi connectivity index (χ4n) is 4.72. The van der Waals surface area contributed by atoms with Gasteiger partial charge in [-0.2, -0.15) is 0 Å². The summed E-state index contributed by atoms with van der Waals surface area (Å²) in [4.78, 5) is 41.2. The molecule has 0 spiro atoms. The molecular formula is C27H30N4O7S2. The molecule has 1 aliphatic heterocycles. The summed E-state index contributed by atoms with van der Waals surface area (Å²) in [6.45, 7) is 0.0321. The molecule has 212 valence electrons. The molecule has 1 fully saturated rings. The zero-order chi connectivity index (χ0) is 29.1. The van der Waals surface area contributed by atoms with E-state index in [9.17, 15) is 28.0 Å². The van der Waals surface area contributed by atoms with Gasteiger partial charge in [0.15, 0.2) is 9.84 Å². The minimum atomic E-state index is -3.99. The Kier molecular flexibility index (Phi) is 8.47. The Morgan fingerprint density at radius 2 is 1.85 bits per heavy atom. The number of ether oxygens (including phenoxy) is 1. The number of hydroxylamine groups is 1. The molecule has 3 aromatic rings. The molecule has 1 aliphatic rings. The summed E-state index contributed by atoms with van der Waals surface area (Å²) in [5, 5.41) is 9.30. The van der Waals surface area contributed by atoms with Crippen molar-refractivity contribution in [1.82, 2.24) is 10.4 Å². The molecule has 0 saturated carbocycles. The lowest BCUT2D eigenvalue weighted by Gasteiger charge is -2.30. The second-order valence-corrected chi connectivity index (χ2v) is 12.9. The quantitative estimate of drug-likeness (QED) is 0.283. The van der Waals surface area contributed by atoms with E-state index in [1.165, 1.54) is 28.2 Å². The van der Waals surface area contributed by atoms with E-state index in [4.69, 9.17) is 10.5 Å². The van der Waals surface area contributed by atoms with Crippen LogP contribution in [0.4, 0.5) is 10.5 Å². The average molecular weight is 587 g/mol. The van der Waals surface area contributed by atoms with E-state index >= 15 is 0 Å². The zero-order valence-electron chi connectivity index (χ0n) is 22.0. The fourth-order valence-corrected chi connectivity index (χ4v) is 8.32. The molecule has 1 unspecified atom stereocenters. The van der Waals surface area contributed by atoms with E-state index in [1.807, 2.05) is 6.07 Å². The molecule has 4 N–H and O–H groups in total. The van der Waals surface area contributed by atoms with Gasteiger partial charge in [0.2, 0.25) is 5.91 Å². The highest BCUT2D eigenvalue weighted by Gasteiger charge is 2.50. The molecule has 11 nitrogen and oxygen atoms in total. The van der Waals surface area contributed by atoms with Crippen LogP contribution in [0.2, 0.25) is 0 Å². The minimum Gasteiger partial charge on any atom is -0.497 e. The third-order valence-corrected chi connectivity index (χ3v) is 11.1. The number of carbonyl (C=O) groups is 3. The van der Waals surface area contributed by atoms with Gasteiger partial charge in [-0.25, -0.2) is 18.7 Å². The average Bonchev–Trinajstić information content (AvgIpc) is 3.41. The highest BCUT2D eigenvalue weighted by atomic mass is 32.2. The molecule has 1 saturated heterocycles. The highest BCUT2D eigenvalue weighted by Crippen LogP contribution is 2.45. The number of sulfone groups is 1. The van der Waals surface area contributed by atoms with E-state index in [1.54, 1.807) is 67.1 Å². The number of rotatable bonds is 7. The Hall–Kier alpha value is -3.94. The standard InChI is InChI=1S/C27H30N4O7S2/c1-30(26(28)34)20-5-3-4-19(16-20)22-10-11-23(39-22)27(17-24(32)29-35)12-13-31(14-15-40(27,36)37)25(33)18-6-8-21(38-2)9-7-18/h3-11,16,35H,12-15,17H2,1-2H3,(H2,28,34)(H,29,32). The maximum atomic E-state index is 13.9.